The Kier molecular flexibility index (Phi) is 5.34. The molecular weight excluding hydrogens is 424 g/mol. The molecule has 0 saturated carbocycles. The molecule has 1 aliphatic rings. The van der Waals surface area contributed by atoms with Crippen LogP contribution in [-0.2, 0) is 15.1 Å². The molecule has 7 nitrogen and oxygen atoms in total. The van der Waals surface area contributed by atoms with Crippen LogP contribution in [0, 0.1) is 0 Å². The van der Waals surface area contributed by atoms with Crippen LogP contribution in [-0.4, -0.2) is 28.6 Å². The average molecular weight is 447 g/mol. The standard InChI is InChI=1S/C20H23BrN4O3/c1-19(2,3)28-18(27)25-20(4,12-8-6-5-7-9-12)15-17(26)23-14-10-13(21)11-22-16(14)24-15/h5-11,15H,1-4H3,(H,22,24)(H,23,26)(H,25,27)/t15-,20+/m1/s1. The van der Waals surface area contributed by atoms with Gasteiger partial charge in [0.05, 0.1) is 11.2 Å². The van der Waals surface area contributed by atoms with E-state index in [0.29, 0.717) is 11.5 Å². The number of hydrogen-bond donors (Lipinski definition) is 3. The lowest BCUT2D eigenvalue weighted by atomic mass is 9.83. The van der Waals surface area contributed by atoms with Crippen LogP contribution < -0.4 is 16.0 Å². The predicted molar refractivity (Wildman–Crippen MR) is 111 cm³/mol. The quantitative estimate of drug-likeness (QED) is 0.661. The number of fused-ring (bicyclic) bond motifs is 1. The van der Waals surface area contributed by atoms with Crippen molar-refractivity contribution >= 4 is 39.4 Å². The van der Waals surface area contributed by atoms with Crippen LogP contribution in [0.15, 0.2) is 47.1 Å². The van der Waals surface area contributed by atoms with E-state index in [1.807, 2.05) is 30.3 Å². The zero-order chi connectivity index (χ0) is 20.5. The Morgan fingerprint density at radius 3 is 2.54 bits per heavy atom. The molecule has 0 saturated heterocycles. The lowest BCUT2D eigenvalue weighted by Gasteiger charge is -2.41. The van der Waals surface area contributed by atoms with Crippen molar-refractivity contribution in [3.63, 3.8) is 0 Å². The van der Waals surface area contributed by atoms with E-state index in [-0.39, 0.29) is 5.91 Å². The summed E-state index contributed by atoms with van der Waals surface area (Å²) in [5.41, 5.74) is -0.415. The zero-order valence-corrected chi connectivity index (χ0v) is 17.8. The lowest BCUT2D eigenvalue weighted by Crippen LogP contribution is -2.61. The van der Waals surface area contributed by atoms with Crippen molar-refractivity contribution in [2.75, 3.05) is 10.6 Å². The van der Waals surface area contributed by atoms with Gasteiger partial charge in [0.25, 0.3) is 0 Å². The van der Waals surface area contributed by atoms with Gasteiger partial charge in [0.2, 0.25) is 5.91 Å². The van der Waals surface area contributed by atoms with Crippen LogP contribution in [0.4, 0.5) is 16.3 Å². The molecule has 0 fully saturated rings. The van der Waals surface area contributed by atoms with E-state index in [0.717, 1.165) is 10.0 Å². The first kappa shape index (κ1) is 20.1. The monoisotopic (exact) mass is 446 g/mol. The molecule has 2 amide bonds. The Bertz CT molecular complexity index is 898. The number of ether oxygens (including phenoxy) is 1. The Hall–Kier alpha value is -2.61. The Balaban J connectivity index is 1.98. The highest BCUT2D eigenvalue weighted by Crippen LogP contribution is 2.34. The first-order valence-corrected chi connectivity index (χ1v) is 9.67. The van der Waals surface area contributed by atoms with Crippen LogP contribution in [0.1, 0.15) is 33.3 Å². The molecule has 2 atom stereocenters. The van der Waals surface area contributed by atoms with Crippen LogP contribution in [0.2, 0.25) is 0 Å². The van der Waals surface area contributed by atoms with E-state index in [9.17, 15) is 9.59 Å². The number of anilines is 2. The predicted octanol–water partition coefficient (Wildman–Crippen LogP) is 4.02. The SMILES string of the molecule is CC(C)(C)OC(=O)N[C@@](C)(c1ccccc1)[C@@H]1Nc2ncc(Br)cc2NC1=O. The van der Waals surface area contributed by atoms with E-state index in [1.165, 1.54) is 0 Å². The third-order valence-electron chi connectivity index (χ3n) is 4.37. The van der Waals surface area contributed by atoms with E-state index in [1.54, 1.807) is 40.0 Å². The highest BCUT2D eigenvalue weighted by atomic mass is 79.9. The van der Waals surface area contributed by atoms with Gasteiger partial charge in [-0.1, -0.05) is 30.3 Å². The highest BCUT2D eigenvalue weighted by molar-refractivity contribution is 9.10. The molecule has 2 heterocycles. The molecule has 3 N–H and O–H groups in total. The number of alkyl carbamates (subject to hydrolysis) is 1. The van der Waals surface area contributed by atoms with Gasteiger partial charge < -0.3 is 20.7 Å². The Labute approximate surface area is 172 Å². The number of carbonyl (C=O) groups excluding carboxylic acids is 2. The second-order valence-corrected chi connectivity index (χ2v) is 8.73. The topological polar surface area (TPSA) is 92.3 Å². The number of rotatable bonds is 3. The molecule has 1 aliphatic heterocycles. The Morgan fingerprint density at radius 1 is 1.21 bits per heavy atom. The van der Waals surface area contributed by atoms with Gasteiger partial charge in [0.15, 0.2) is 5.82 Å². The summed E-state index contributed by atoms with van der Waals surface area (Å²) in [5, 5.41) is 8.92. The number of nitrogens with one attached hydrogen (secondary N) is 3. The molecule has 2 aromatic rings. The summed E-state index contributed by atoms with van der Waals surface area (Å²) < 4.78 is 6.19. The van der Waals surface area contributed by atoms with Gasteiger partial charge in [-0.3, -0.25) is 4.79 Å². The molecule has 3 rings (SSSR count). The number of carbonyl (C=O) groups is 2. The molecule has 0 spiro atoms. The molecule has 0 radical (unpaired) electrons. The minimum absolute atomic E-state index is 0.283. The normalized spacial score (nSPS) is 18.2. The van der Waals surface area contributed by atoms with Crippen molar-refractivity contribution in [2.24, 2.45) is 0 Å². The molecule has 28 heavy (non-hydrogen) atoms. The Morgan fingerprint density at radius 2 is 1.89 bits per heavy atom. The van der Waals surface area contributed by atoms with Crippen molar-refractivity contribution in [3.8, 4) is 0 Å². The third kappa shape index (κ3) is 4.27. The maximum atomic E-state index is 12.9. The van der Waals surface area contributed by atoms with Crippen LogP contribution in [0.3, 0.4) is 0 Å². The van der Waals surface area contributed by atoms with Gasteiger partial charge in [-0.05, 0) is 55.3 Å². The molecule has 148 valence electrons. The summed E-state index contributed by atoms with van der Waals surface area (Å²) in [5.74, 6) is 0.246. The van der Waals surface area contributed by atoms with Crippen LogP contribution in [0.5, 0.6) is 0 Å². The van der Waals surface area contributed by atoms with Crippen molar-refractivity contribution in [3.05, 3.63) is 52.6 Å². The van der Waals surface area contributed by atoms with Crippen molar-refractivity contribution < 1.29 is 14.3 Å². The van der Waals surface area contributed by atoms with Gasteiger partial charge >= 0.3 is 6.09 Å². The number of halogens is 1. The summed E-state index contributed by atoms with van der Waals surface area (Å²) >= 11 is 3.35. The van der Waals surface area contributed by atoms with Crippen LogP contribution >= 0.6 is 15.9 Å². The van der Waals surface area contributed by atoms with E-state index < -0.39 is 23.3 Å². The molecule has 0 unspecified atom stereocenters. The van der Waals surface area contributed by atoms with E-state index in [4.69, 9.17) is 4.74 Å². The molecule has 1 aromatic heterocycles. The van der Waals surface area contributed by atoms with Gasteiger partial charge in [-0.15, -0.1) is 0 Å². The van der Waals surface area contributed by atoms with Gasteiger partial charge in [-0.25, -0.2) is 9.78 Å². The summed E-state index contributed by atoms with van der Waals surface area (Å²) in [6.07, 6.45) is 1.03. The molecular formula is C20H23BrN4O3. The zero-order valence-electron chi connectivity index (χ0n) is 16.2. The largest absolute Gasteiger partial charge is 0.444 e. The first-order chi connectivity index (χ1) is 13.1. The van der Waals surface area contributed by atoms with Crippen LogP contribution in [0.25, 0.3) is 0 Å². The lowest BCUT2D eigenvalue weighted by molar-refractivity contribution is -0.118. The molecule has 0 aliphatic carbocycles. The van der Waals surface area contributed by atoms with Crippen molar-refractivity contribution in [1.82, 2.24) is 10.3 Å². The minimum Gasteiger partial charge on any atom is -0.444 e. The van der Waals surface area contributed by atoms with E-state index >= 15 is 0 Å². The smallest absolute Gasteiger partial charge is 0.408 e. The second kappa shape index (κ2) is 7.43. The average Bonchev–Trinajstić information content (AvgIpc) is 2.60. The number of nitrogens with zero attached hydrogens (tertiary/aromatic N) is 1. The second-order valence-electron chi connectivity index (χ2n) is 7.81. The minimum atomic E-state index is -1.08. The fourth-order valence-electron chi connectivity index (χ4n) is 3.07. The molecule has 1 aromatic carbocycles. The number of hydrogen-bond acceptors (Lipinski definition) is 5. The number of benzene rings is 1. The van der Waals surface area contributed by atoms with Gasteiger partial charge in [-0.2, -0.15) is 0 Å². The molecule has 0 bridgehead atoms. The maximum Gasteiger partial charge on any atom is 0.408 e. The number of amides is 2. The van der Waals surface area contributed by atoms with Gasteiger partial charge in [0.1, 0.15) is 11.6 Å². The first-order valence-electron chi connectivity index (χ1n) is 8.88. The summed E-state index contributed by atoms with van der Waals surface area (Å²) in [7, 11) is 0. The summed E-state index contributed by atoms with van der Waals surface area (Å²) in [4.78, 5) is 29.9. The summed E-state index contributed by atoms with van der Waals surface area (Å²) in [6, 6.07) is 10.3. The maximum absolute atomic E-state index is 12.9. The third-order valence-corrected chi connectivity index (χ3v) is 4.80. The fraction of sp³-hybridized carbons (Fsp3) is 0.350. The van der Waals surface area contributed by atoms with Gasteiger partial charge in [0, 0.05) is 10.7 Å². The fourth-order valence-corrected chi connectivity index (χ4v) is 3.41. The molecule has 8 heteroatoms. The van der Waals surface area contributed by atoms with E-state index in [2.05, 4.69) is 36.9 Å². The highest BCUT2D eigenvalue weighted by Gasteiger charge is 2.45. The van der Waals surface area contributed by atoms with Crippen molar-refractivity contribution in [2.45, 2.75) is 44.9 Å². The number of aromatic nitrogens is 1. The number of pyridine rings is 1. The summed E-state index contributed by atoms with van der Waals surface area (Å²) in [6.45, 7) is 7.15. The van der Waals surface area contributed by atoms with Crippen molar-refractivity contribution in [1.29, 1.82) is 0 Å².